The molecule has 1 aliphatic heterocycles. The number of carbonyl (C=O) groups excluding carboxylic acids is 1. The number of halogens is 2. The number of rotatable bonds is 7. The Bertz CT molecular complexity index is 608. The Morgan fingerprint density at radius 3 is 2.41 bits per heavy atom. The normalized spacial score (nSPS) is 18.4. The van der Waals surface area contributed by atoms with Crippen molar-refractivity contribution < 1.29 is 9.18 Å². The van der Waals surface area contributed by atoms with Gasteiger partial charge in [-0.25, -0.2) is 4.39 Å². The summed E-state index contributed by atoms with van der Waals surface area (Å²) in [6, 6.07) is 4.00. The Hall–Kier alpha value is -1.37. The van der Waals surface area contributed by atoms with E-state index in [9.17, 15) is 9.18 Å². The summed E-state index contributed by atoms with van der Waals surface area (Å²) >= 11 is 0. The molecule has 0 aromatic heterocycles. The van der Waals surface area contributed by atoms with Gasteiger partial charge in [0.05, 0.1) is 12.1 Å². The number of nitrogens with zero attached hydrogens (tertiary/aromatic N) is 2. The van der Waals surface area contributed by atoms with E-state index in [1.807, 2.05) is 26.8 Å². The van der Waals surface area contributed by atoms with Gasteiger partial charge in [-0.05, 0) is 37.6 Å². The maximum atomic E-state index is 13.9. The van der Waals surface area contributed by atoms with Crippen molar-refractivity contribution in [1.29, 1.82) is 0 Å². The number of nitrogens with one attached hydrogen (secondary N) is 1. The molecule has 0 saturated carbocycles. The van der Waals surface area contributed by atoms with Gasteiger partial charge in [-0.2, -0.15) is 0 Å². The molecular formula is C20H34ClFN4O. The fraction of sp³-hybridized carbons (Fsp3) is 0.650. The quantitative estimate of drug-likeness (QED) is 0.738. The molecule has 2 rings (SSSR count). The van der Waals surface area contributed by atoms with E-state index in [1.165, 1.54) is 12.1 Å². The third-order valence-corrected chi connectivity index (χ3v) is 5.53. The van der Waals surface area contributed by atoms with E-state index in [-0.39, 0.29) is 36.1 Å². The number of hydrogen-bond donors (Lipinski definition) is 2. The zero-order chi connectivity index (χ0) is 19.3. The summed E-state index contributed by atoms with van der Waals surface area (Å²) in [5.41, 5.74) is 7.83. The zero-order valence-electron chi connectivity index (χ0n) is 16.9. The minimum atomic E-state index is -0.549. The molecule has 3 unspecified atom stereocenters. The molecule has 1 aromatic carbocycles. The van der Waals surface area contributed by atoms with Crippen LogP contribution in [0.5, 0.6) is 0 Å². The van der Waals surface area contributed by atoms with E-state index >= 15 is 0 Å². The number of carbonyl (C=O) groups is 1. The fourth-order valence-corrected chi connectivity index (χ4v) is 3.36. The average molecular weight is 401 g/mol. The van der Waals surface area contributed by atoms with Gasteiger partial charge >= 0.3 is 0 Å². The maximum Gasteiger partial charge on any atom is 0.237 e. The lowest BCUT2D eigenvalue weighted by Gasteiger charge is -2.37. The van der Waals surface area contributed by atoms with Crippen LogP contribution in [0.15, 0.2) is 18.2 Å². The van der Waals surface area contributed by atoms with Crippen molar-refractivity contribution in [3.63, 3.8) is 0 Å². The van der Waals surface area contributed by atoms with E-state index in [0.717, 1.165) is 50.4 Å². The summed E-state index contributed by atoms with van der Waals surface area (Å²) < 4.78 is 13.9. The molecule has 0 aliphatic carbocycles. The lowest BCUT2D eigenvalue weighted by atomic mass is 9.98. The van der Waals surface area contributed by atoms with E-state index in [4.69, 9.17) is 5.73 Å². The second kappa shape index (κ2) is 10.8. The van der Waals surface area contributed by atoms with Gasteiger partial charge in [0.25, 0.3) is 0 Å². The van der Waals surface area contributed by atoms with Crippen LogP contribution in [0.1, 0.15) is 45.7 Å². The van der Waals surface area contributed by atoms with E-state index in [2.05, 4.69) is 22.0 Å². The first kappa shape index (κ1) is 23.7. The summed E-state index contributed by atoms with van der Waals surface area (Å²) in [5.74, 6) is -0.363. The van der Waals surface area contributed by atoms with E-state index in [1.54, 1.807) is 0 Å². The molecule has 5 nitrogen and oxygen atoms in total. The highest BCUT2D eigenvalue weighted by molar-refractivity contribution is 5.85. The Labute approximate surface area is 168 Å². The number of benzene rings is 1. The minimum absolute atomic E-state index is 0. The first-order valence-electron chi connectivity index (χ1n) is 9.70. The second-order valence-electron chi connectivity index (χ2n) is 7.27. The van der Waals surface area contributed by atoms with Gasteiger partial charge in [-0.3, -0.25) is 4.79 Å². The third-order valence-electron chi connectivity index (χ3n) is 5.53. The number of amides is 1. The van der Waals surface area contributed by atoms with Crippen LogP contribution in [-0.2, 0) is 4.79 Å². The highest BCUT2D eigenvalue weighted by atomic mass is 35.5. The molecule has 1 aromatic rings. The second-order valence-corrected chi connectivity index (χ2v) is 7.27. The molecule has 3 atom stereocenters. The van der Waals surface area contributed by atoms with Crippen molar-refractivity contribution in [2.75, 3.05) is 37.6 Å². The highest BCUT2D eigenvalue weighted by Gasteiger charge is 2.24. The predicted molar refractivity (Wildman–Crippen MR) is 112 cm³/mol. The maximum absolute atomic E-state index is 13.9. The molecular weight excluding hydrogens is 367 g/mol. The van der Waals surface area contributed by atoms with Crippen LogP contribution >= 0.6 is 12.4 Å². The van der Waals surface area contributed by atoms with Crippen molar-refractivity contribution in [2.24, 2.45) is 11.7 Å². The van der Waals surface area contributed by atoms with Crippen molar-refractivity contribution in [2.45, 2.75) is 46.2 Å². The Kier molecular flexibility index (Phi) is 9.50. The molecule has 1 aliphatic rings. The lowest BCUT2D eigenvalue weighted by Crippen LogP contribution is -2.47. The van der Waals surface area contributed by atoms with Gasteiger partial charge in [-0.15, -0.1) is 12.4 Å². The molecule has 1 amide bonds. The SMILES string of the molecule is CCC(C)C(N)C(=O)NC(C)c1cc(F)ccc1N1CCN(CC)CC1.Cl. The molecule has 1 heterocycles. The molecule has 0 radical (unpaired) electrons. The van der Waals surface area contributed by atoms with Gasteiger partial charge in [0.2, 0.25) is 5.91 Å². The van der Waals surface area contributed by atoms with Gasteiger partial charge in [0.1, 0.15) is 5.82 Å². The Morgan fingerprint density at radius 1 is 1.22 bits per heavy atom. The molecule has 1 fully saturated rings. The fourth-order valence-electron chi connectivity index (χ4n) is 3.36. The molecule has 1 saturated heterocycles. The summed E-state index contributed by atoms with van der Waals surface area (Å²) in [5, 5.41) is 2.97. The van der Waals surface area contributed by atoms with Crippen LogP contribution in [0.2, 0.25) is 0 Å². The predicted octanol–water partition coefficient (Wildman–Crippen LogP) is 2.94. The number of hydrogen-bond acceptors (Lipinski definition) is 4. The molecule has 27 heavy (non-hydrogen) atoms. The van der Waals surface area contributed by atoms with Crippen molar-refractivity contribution in [1.82, 2.24) is 10.2 Å². The van der Waals surface area contributed by atoms with Crippen molar-refractivity contribution in [3.8, 4) is 0 Å². The first-order valence-corrected chi connectivity index (χ1v) is 9.70. The van der Waals surface area contributed by atoms with Gasteiger partial charge in [0, 0.05) is 37.4 Å². The summed E-state index contributed by atoms with van der Waals surface area (Å²) in [6.45, 7) is 12.9. The Morgan fingerprint density at radius 2 is 1.85 bits per heavy atom. The van der Waals surface area contributed by atoms with Crippen LogP contribution in [0.25, 0.3) is 0 Å². The first-order chi connectivity index (χ1) is 12.4. The largest absolute Gasteiger partial charge is 0.369 e. The molecule has 0 bridgehead atoms. The lowest BCUT2D eigenvalue weighted by molar-refractivity contribution is -0.124. The van der Waals surface area contributed by atoms with Gasteiger partial charge in [0.15, 0.2) is 0 Å². The smallest absolute Gasteiger partial charge is 0.237 e. The minimum Gasteiger partial charge on any atom is -0.369 e. The zero-order valence-corrected chi connectivity index (χ0v) is 17.7. The topological polar surface area (TPSA) is 61.6 Å². The molecule has 0 spiro atoms. The van der Waals surface area contributed by atoms with Crippen LogP contribution in [0.4, 0.5) is 10.1 Å². The highest BCUT2D eigenvalue weighted by Crippen LogP contribution is 2.28. The average Bonchev–Trinajstić information content (AvgIpc) is 2.66. The summed E-state index contributed by atoms with van der Waals surface area (Å²) in [4.78, 5) is 17.1. The molecule has 7 heteroatoms. The number of anilines is 1. The monoisotopic (exact) mass is 400 g/mol. The Balaban J connectivity index is 0.00000364. The standard InChI is InChI=1S/C20H33FN4O.ClH/c1-5-14(3)19(22)20(26)23-15(4)17-13-16(21)7-8-18(17)25-11-9-24(6-2)10-12-25;/h7-8,13-15,19H,5-6,9-12,22H2,1-4H3,(H,23,26);1H. The van der Waals surface area contributed by atoms with Gasteiger partial charge in [-0.1, -0.05) is 27.2 Å². The number of piperazine rings is 1. The summed E-state index contributed by atoms with van der Waals surface area (Å²) in [6.07, 6.45) is 0.843. The number of likely N-dealkylation sites (N-methyl/N-ethyl adjacent to an activating group) is 1. The van der Waals surface area contributed by atoms with E-state index in [0.29, 0.717) is 0 Å². The van der Waals surface area contributed by atoms with Gasteiger partial charge < -0.3 is 20.9 Å². The van der Waals surface area contributed by atoms with Crippen LogP contribution < -0.4 is 16.0 Å². The molecule has 3 N–H and O–H groups in total. The van der Waals surface area contributed by atoms with Crippen molar-refractivity contribution >= 4 is 24.0 Å². The van der Waals surface area contributed by atoms with E-state index < -0.39 is 6.04 Å². The van der Waals surface area contributed by atoms with Crippen LogP contribution in [0, 0.1) is 11.7 Å². The molecule has 154 valence electrons. The van der Waals surface area contributed by atoms with Crippen molar-refractivity contribution in [3.05, 3.63) is 29.6 Å². The van der Waals surface area contributed by atoms with Crippen LogP contribution in [-0.4, -0.2) is 49.6 Å². The number of nitrogens with two attached hydrogens (primary N) is 1. The van der Waals surface area contributed by atoms with Crippen LogP contribution in [0.3, 0.4) is 0 Å². The third kappa shape index (κ3) is 6.06. The summed E-state index contributed by atoms with van der Waals surface area (Å²) in [7, 11) is 0.